The minimum Gasteiger partial charge on any atom is -0.383 e. The molecule has 130 valence electrons. The summed E-state index contributed by atoms with van der Waals surface area (Å²) in [4.78, 5) is 6.78. The summed E-state index contributed by atoms with van der Waals surface area (Å²) in [6.07, 6.45) is 0. The van der Waals surface area contributed by atoms with Crippen molar-refractivity contribution in [1.82, 2.24) is 25.0 Å². The van der Waals surface area contributed by atoms with Gasteiger partial charge in [0, 0.05) is 34.3 Å². The van der Waals surface area contributed by atoms with Crippen LogP contribution in [0.1, 0.15) is 17.2 Å². The Morgan fingerprint density at radius 3 is 2.67 bits per heavy atom. The van der Waals surface area contributed by atoms with E-state index in [4.69, 9.17) is 4.74 Å². The molecule has 0 aliphatic carbocycles. The number of hydrogen-bond acceptors (Lipinski definition) is 4. The maximum absolute atomic E-state index is 5.11. The molecule has 0 saturated carbocycles. The first kappa shape index (κ1) is 17.9. The quantitative estimate of drug-likeness (QED) is 0.471. The van der Waals surface area contributed by atoms with Crippen molar-refractivity contribution in [3.63, 3.8) is 0 Å². The van der Waals surface area contributed by atoms with Crippen LogP contribution in [0.2, 0.25) is 0 Å². The van der Waals surface area contributed by atoms with Gasteiger partial charge < -0.3 is 19.5 Å². The smallest absolute Gasteiger partial charge is 0.194 e. The lowest BCUT2D eigenvalue weighted by Gasteiger charge is -2.22. The van der Waals surface area contributed by atoms with Crippen molar-refractivity contribution in [3.8, 4) is 0 Å². The first-order chi connectivity index (χ1) is 11.6. The zero-order valence-corrected chi connectivity index (χ0v) is 14.9. The zero-order chi connectivity index (χ0) is 17.4. The maximum Gasteiger partial charge on any atom is 0.194 e. The van der Waals surface area contributed by atoms with Gasteiger partial charge in [0.25, 0.3) is 0 Å². The molecule has 1 aromatic carbocycles. The van der Waals surface area contributed by atoms with Crippen molar-refractivity contribution in [2.45, 2.75) is 20.0 Å². The van der Waals surface area contributed by atoms with Crippen LogP contribution < -0.4 is 5.32 Å². The molecule has 7 nitrogen and oxygen atoms in total. The minimum absolute atomic E-state index is 0.478. The lowest BCUT2D eigenvalue weighted by molar-refractivity contribution is 0.203. The van der Waals surface area contributed by atoms with E-state index in [-0.39, 0.29) is 0 Å². The van der Waals surface area contributed by atoms with Crippen molar-refractivity contribution < 1.29 is 4.74 Å². The summed E-state index contributed by atoms with van der Waals surface area (Å²) in [7, 11) is 5.66. The Bertz CT molecular complexity index is 652. The maximum atomic E-state index is 5.11. The van der Waals surface area contributed by atoms with Gasteiger partial charge in [-0.15, -0.1) is 10.2 Å². The van der Waals surface area contributed by atoms with Gasteiger partial charge in [-0.2, -0.15) is 0 Å². The number of rotatable bonds is 7. The van der Waals surface area contributed by atoms with Gasteiger partial charge in [0.05, 0.1) is 6.61 Å². The van der Waals surface area contributed by atoms with Crippen LogP contribution in [0.15, 0.2) is 35.3 Å². The van der Waals surface area contributed by atoms with Gasteiger partial charge in [-0.1, -0.05) is 30.3 Å². The van der Waals surface area contributed by atoms with Crippen molar-refractivity contribution in [2.75, 3.05) is 27.3 Å². The zero-order valence-electron chi connectivity index (χ0n) is 14.9. The highest BCUT2D eigenvalue weighted by molar-refractivity contribution is 5.79. The number of aryl methyl sites for hydroxylation is 1. The van der Waals surface area contributed by atoms with E-state index in [9.17, 15) is 0 Å². The number of nitrogens with zero attached hydrogens (tertiary/aromatic N) is 5. The van der Waals surface area contributed by atoms with Gasteiger partial charge in [-0.3, -0.25) is 0 Å². The number of ether oxygens (including phenoxy) is 1. The van der Waals surface area contributed by atoms with Gasteiger partial charge >= 0.3 is 0 Å². The van der Waals surface area contributed by atoms with Crippen molar-refractivity contribution >= 4 is 5.96 Å². The van der Waals surface area contributed by atoms with E-state index in [0.717, 1.165) is 24.2 Å². The number of nitrogens with one attached hydrogen (secondary N) is 1. The van der Waals surface area contributed by atoms with Crippen molar-refractivity contribution in [3.05, 3.63) is 47.5 Å². The second kappa shape index (κ2) is 9.02. The van der Waals surface area contributed by atoms with Gasteiger partial charge in [0.15, 0.2) is 11.8 Å². The fraction of sp³-hybridized carbons (Fsp3) is 0.471. The Hall–Kier alpha value is -2.41. The summed E-state index contributed by atoms with van der Waals surface area (Å²) in [5.41, 5.74) is 1.23. The summed E-state index contributed by atoms with van der Waals surface area (Å²) < 4.78 is 7.06. The first-order valence-corrected chi connectivity index (χ1v) is 7.99. The van der Waals surface area contributed by atoms with Gasteiger partial charge in [0.1, 0.15) is 12.4 Å². The minimum atomic E-state index is 0.478. The number of aromatic nitrogens is 3. The average molecular weight is 330 g/mol. The van der Waals surface area contributed by atoms with E-state index in [2.05, 4.69) is 37.5 Å². The molecule has 0 fully saturated rings. The molecular weight excluding hydrogens is 304 g/mol. The van der Waals surface area contributed by atoms with E-state index in [1.165, 1.54) is 5.56 Å². The standard InChI is InChI=1S/C17H26N6O/c1-14-20-21-16(23(14)3)12-19-17(18-10-11-24-4)22(2)13-15-8-6-5-7-9-15/h5-9H,10-13H2,1-4H3,(H,18,19). The fourth-order valence-electron chi connectivity index (χ4n) is 2.24. The summed E-state index contributed by atoms with van der Waals surface area (Å²) in [6.45, 7) is 4.51. The number of benzene rings is 1. The number of guanidine groups is 1. The molecule has 2 aromatic rings. The van der Waals surface area contributed by atoms with Crippen LogP contribution in [0.5, 0.6) is 0 Å². The molecule has 0 aliphatic rings. The summed E-state index contributed by atoms with van der Waals surface area (Å²) in [6, 6.07) is 10.3. The molecule has 0 saturated heterocycles. The van der Waals surface area contributed by atoms with Gasteiger partial charge in [0.2, 0.25) is 0 Å². The molecule has 2 rings (SSSR count). The monoisotopic (exact) mass is 330 g/mol. The average Bonchev–Trinajstić information content (AvgIpc) is 2.90. The van der Waals surface area contributed by atoms with Crippen LogP contribution in [0, 0.1) is 6.92 Å². The topological polar surface area (TPSA) is 67.6 Å². The molecule has 0 aliphatic heterocycles. The fourth-order valence-corrected chi connectivity index (χ4v) is 2.24. The molecule has 1 heterocycles. The summed E-state index contributed by atoms with van der Waals surface area (Å²) in [5.74, 6) is 2.54. The second-order valence-corrected chi connectivity index (χ2v) is 5.62. The normalized spacial score (nSPS) is 11.6. The highest BCUT2D eigenvalue weighted by Crippen LogP contribution is 2.04. The van der Waals surface area contributed by atoms with Crippen LogP contribution in [-0.4, -0.2) is 52.9 Å². The molecule has 0 amide bonds. The van der Waals surface area contributed by atoms with Crippen molar-refractivity contribution in [1.29, 1.82) is 0 Å². The van der Waals surface area contributed by atoms with Crippen LogP contribution in [-0.2, 0) is 24.9 Å². The predicted molar refractivity (Wildman–Crippen MR) is 94.7 cm³/mol. The molecule has 0 atom stereocenters. The Morgan fingerprint density at radius 2 is 2.04 bits per heavy atom. The molecule has 1 aromatic heterocycles. The molecule has 1 N–H and O–H groups in total. The molecule has 0 unspecified atom stereocenters. The van der Waals surface area contributed by atoms with E-state index in [0.29, 0.717) is 19.7 Å². The van der Waals surface area contributed by atoms with Gasteiger partial charge in [-0.25, -0.2) is 4.99 Å². The molecule has 7 heteroatoms. The highest BCUT2D eigenvalue weighted by atomic mass is 16.5. The van der Waals surface area contributed by atoms with Gasteiger partial charge in [-0.05, 0) is 12.5 Å². The predicted octanol–water partition coefficient (Wildman–Crippen LogP) is 1.35. The van der Waals surface area contributed by atoms with E-state index in [1.54, 1.807) is 7.11 Å². The van der Waals surface area contributed by atoms with E-state index < -0.39 is 0 Å². The van der Waals surface area contributed by atoms with Crippen molar-refractivity contribution in [2.24, 2.45) is 12.0 Å². The van der Waals surface area contributed by atoms with E-state index in [1.807, 2.05) is 43.8 Å². The Balaban J connectivity index is 2.07. The Morgan fingerprint density at radius 1 is 1.29 bits per heavy atom. The number of methoxy groups -OCH3 is 1. The molecular formula is C17H26N6O. The molecule has 0 radical (unpaired) electrons. The first-order valence-electron chi connectivity index (χ1n) is 7.99. The number of aliphatic imine (C=N–C) groups is 1. The van der Waals surface area contributed by atoms with E-state index >= 15 is 0 Å². The van der Waals surface area contributed by atoms with Crippen LogP contribution in [0.4, 0.5) is 0 Å². The lowest BCUT2D eigenvalue weighted by atomic mass is 10.2. The Kier molecular flexibility index (Phi) is 6.74. The molecule has 24 heavy (non-hydrogen) atoms. The lowest BCUT2D eigenvalue weighted by Crippen LogP contribution is -2.40. The second-order valence-electron chi connectivity index (χ2n) is 5.62. The third kappa shape index (κ3) is 5.06. The molecule has 0 spiro atoms. The third-order valence-electron chi connectivity index (χ3n) is 3.77. The Labute approximate surface area is 143 Å². The summed E-state index contributed by atoms with van der Waals surface area (Å²) in [5, 5.41) is 11.6. The highest BCUT2D eigenvalue weighted by Gasteiger charge is 2.09. The third-order valence-corrected chi connectivity index (χ3v) is 3.77. The SMILES string of the molecule is COCCNC(=NCc1nnc(C)n1C)N(C)Cc1ccccc1. The van der Waals surface area contributed by atoms with Crippen LogP contribution in [0.3, 0.4) is 0 Å². The summed E-state index contributed by atoms with van der Waals surface area (Å²) >= 11 is 0. The molecule has 0 bridgehead atoms. The largest absolute Gasteiger partial charge is 0.383 e. The van der Waals surface area contributed by atoms with Crippen LogP contribution in [0.25, 0.3) is 0 Å². The van der Waals surface area contributed by atoms with Crippen LogP contribution >= 0.6 is 0 Å². The number of hydrogen-bond donors (Lipinski definition) is 1.